The zero-order valence-electron chi connectivity index (χ0n) is 13.9. The Kier molecular flexibility index (Phi) is 6.95. The van der Waals surface area contributed by atoms with E-state index in [9.17, 15) is 4.79 Å². The Balaban J connectivity index is 1.87. The van der Waals surface area contributed by atoms with Gasteiger partial charge in [-0.2, -0.15) is 0 Å². The molecule has 0 radical (unpaired) electrons. The van der Waals surface area contributed by atoms with Crippen LogP contribution in [0.15, 0.2) is 42.5 Å². The van der Waals surface area contributed by atoms with Crippen LogP contribution in [0.25, 0.3) is 0 Å². The lowest BCUT2D eigenvalue weighted by Gasteiger charge is -2.23. The number of hydrogen-bond acceptors (Lipinski definition) is 2. The molecule has 0 N–H and O–H groups in total. The Morgan fingerprint density at radius 2 is 1.92 bits per heavy atom. The third kappa shape index (κ3) is 4.89. The van der Waals surface area contributed by atoms with Crippen molar-refractivity contribution in [3.8, 4) is 5.75 Å². The zero-order valence-corrected chi connectivity index (χ0v) is 15.4. The molecule has 1 amide bonds. The van der Waals surface area contributed by atoms with Crippen molar-refractivity contribution in [3.05, 3.63) is 58.1 Å². The summed E-state index contributed by atoms with van der Waals surface area (Å²) in [5.74, 6) is 0.678. The van der Waals surface area contributed by atoms with Crippen molar-refractivity contribution in [2.45, 2.75) is 26.7 Å². The van der Waals surface area contributed by atoms with Gasteiger partial charge in [-0.15, -0.1) is 0 Å². The molecule has 0 bridgehead atoms. The number of benzene rings is 2. The van der Waals surface area contributed by atoms with Crippen molar-refractivity contribution in [3.63, 3.8) is 0 Å². The number of para-hydroxylation sites is 1. The Morgan fingerprint density at radius 1 is 1.17 bits per heavy atom. The number of halogens is 2. The molecule has 5 heteroatoms. The van der Waals surface area contributed by atoms with Gasteiger partial charge in [0.1, 0.15) is 5.75 Å². The molecular weight excluding hydrogens is 345 g/mol. The van der Waals surface area contributed by atoms with Gasteiger partial charge in [0.25, 0.3) is 0 Å². The summed E-state index contributed by atoms with van der Waals surface area (Å²) in [6, 6.07) is 13.0. The van der Waals surface area contributed by atoms with E-state index in [1.165, 1.54) is 0 Å². The number of ether oxygens (including phenoxy) is 1. The van der Waals surface area contributed by atoms with E-state index in [1.54, 1.807) is 18.2 Å². The van der Waals surface area contributed by atoms with E-state index in [4.69, 9.17) is 27.9 Å². The summed E-state index contributed by atoms with van der Waals surface area (Å²) in [6.07, 6.45) is 1.05. The molecule has 2 rings (SSSR count). The van der Waals surface area contributed by atoms with Gasteiger partial charge < -0.3 is 9.64 Å². The van der Waals surface area contributed by atoms with Crippen LogP contribution in [-0.2, 0) is 4.79 Å². The molecule has 0 saturated heterocycles. The smallest absolute Gasteiger partial charge is 0.227 e. The monoisotopic (exact) mass is 365 g/mol. The third-order valence-corrected chi connectivity index (χ3v) is 4.24. The van der Waals surface area contributed by atoms with Gasteiger partial charge in [0.05, 0.1) is 11.6 Å². The van der Waals surface area contributed by atoms with Crippen molar-refractivity contribution in [2.75, 3.05) is 18.1 Å². The predicted molar refractivity (Wildman–Crippen MR) is 100 cm³/mol. The normalized spacial score (nSPS) is 10.5. The maximum atomic E-state index is 12.5. The highest BCUT2D eigenvalue weighted by Crippen LogP contribution is 2.27. The van der Waals surface area contributed by atoms with Crippen LogP contribution >= 0.6 is 23.2 Å². The standard InChI is InChI=1S/C19H21Cl2NO2/c1-3-22(17-8-5-4-7-14(17)2)19(23)9-6-12-24-18-11-10-15(20)13-16(18)21/h4-5,7-8,10-11,13H,3,6,9,12H2,1-2H3. The molecule has 0 aliphatic carbocycles. The van der Waals surface area contributed by atoms with E-state index in [0.29, 0.717) is 41.8 Å². The van der Waals surface area contributed by atoms with E-state index in [0.717, 1.165) is 11.3 Å². The molecule has 0 saturated carbocycles. The van der Waals surface area contributed by atoms with E-state index in [2.05, 4.69) is 0 Å². The number of hydrogen-bond donors (Lipinski definition) is 0. The van der Waals surface area contributed by atoms with E-state index < -0.39 is 0 Å². The first-order valence-electron chi connectivity index (χ1n) is 7.96. The highest BCUT2D eigenvalue weighted by Gasteiger charge is 2.15. The van der Waals surface area contributed by atoms with Crippen molar-refractivity contribution in [1.29, 1.82) is 0 Å². The van der Waals surface area contributed by atoms with Crippen molar-refractivity contribution in [1.82, 2.24) is 0 Å². The van der Waals surface area contributed by atoms with Crippen molar-refractivity contribution < 1.29 is 9.53 Å². The first kappa shape index (κ1) is 18.6. The highest BCUT2D eigenvalue weighted by atomic mass is 35.5. The molecule has 3 nitrogen and oxygen atoms in total. The molecule has 0 aliphatic rings. The second kappa shape index (κ2) is 8.95. The molecule has 0 spiro atoms. The minimum absolute atomic E-state index is 0.0950. The van der Waals surface area contributed by atoms with Crippen molar-refractivity contribution in [2.24, 2.45) is 0 Å². The summed E-state index contributed by atoms with van der Waals surface area (Å²) in [5.41, 5.74) is 2.06. The molecule has 2 aromatic carbocycles. The SMILES string of the molecule is CCN(C(=O)CCCOc1ccc(Cl)cc1Cl)c1ccccc1C. The van der Waals surface area contributed by atoms with E-state index in [1.807, 2.05) is 43.0 Å². The number of carbonyl (C=O) groups is 1. The lowest BCUT2D eigenvalue weighted by molar-refractivity contribution is -0.118. The number of anilines is 1. The third-order valence-electron chi connectivity index (χ3n) is 3.71. The Morgan fingerprint density at radius 3 is 2.58 bits per heavy atom. The van der Waals surface area contributed by atoms with Gasteiger partial charge >= 0.3 is 0 Å². The van der Waals surface area contributed by atoms with Gasteiger partial charge in [0, 0.05) is 23.7 Å². The fourth-order valence-electron chi connectivity index (χ4n) is 2.48. The lowest BCUT2D eigenvalue weighted by Crippen LogP contribution is -2.31. The number of amides is 1. The molecular formula is C19H21Cl2NO2. The summed E-state index contributed by atoms with van der Waals surface area (Å²) in [7, 11) is 0. The van der Waals surface area contributed by atoms with Gasteiger partial charge in [0.15, 0.2) is 0 Å². The molecule has 0 aromatic heterocycles. The molecule has 0 unspecified atom stereocenters. The van der Waals surface area contributed by atoms with E-state index in [-0.39, 0.29) is 5.91 Å². The Labute approximate surface area is 153 Å². The maximum absolute atomic E-state index is 12.5. The molecule has 0 atom stereocenters. The van der Waals surface area contributed by atoms with Gasteiger partial charge in [-0.3, -0.25) is 4.79 Å². The van der Waals surface area contributed by atoms with Crippen LogP contribution in [0.5, 0.6) is 5.75 Å². The zero-order chi connectivity index (χ0) is 17.5. The van der Waals surface area contributed by atoms with Crippen LogP contribution in [-0.4, -0.2) is 19.1 Å². The topological polar surface area (TPSA) is 29.5 Å². The fourth-order valence-corrected chi connectivity index (χ4v) is 2.94. The van der Waals surface area contributed by atoms with Crippen LogP contribution < -0.4 is 9.64 Å². The number of rotatable bonds is 7. The molecule has 2 aromatic rings. The molecule has 24 heavy (non-hydrogen) atoms. The largest absolute Gasteiger partial charge is 0.492 e. The van der Waals surface area contributed by atoms with Gasteiger partial charge in [-0.25, -0.2) is 0 Å². The lowest BCUT2D eigenvalue weighted by atomic mass is 10.1. The minimum Gasteiger partial charge on any atom is -0.492 e. The highest BCUT2D eigenvalue weighted by molar-refractivity contribution is 6.35. The van der Waals surface area contributed by atoms with Gasteiger partial charge in [-0.05, 0) is 50.1 Å². The second-order valence-corrected chi connectivity index (χ2v) is 6.29. The Hall–Kier alpha value is -1.71. The molecule has 0 fully saturated rings. The molecule has 0 aliphatic heterocycles. The average Bonchev–Trinajstić information content (AvgIpc) is 2.55. The number of carbonyl (C=O) groups excluding carboxylic acids is 1. The van der Waals surface area contributed by atoms with Gasteiger partial charge in [0.2, 0.25) is 5.91 Å². The predicted octanol–water partition coefficient (Wildman–Crippen LogP) is 5.51. The van der Waals surface area contributed by atoms with Crippen LogP contribution in [0.4, 0.5) is 5.69 Å². The summed E-state index contributed by atoms with van der Waals surface area (Å²) < 4.78 is 5.62. The number of nitrogens with zero attached hydrogens (tertiary/aromatic N) is 1. The molecule has 0 heterocycles. The molecule has 128 valence electrons. The minimum atomic E-state index is 0.0950. The average molecular weight is 366 g/mol. The van der Waals surface area contributed by atoms with E-state index >= 15 is 0 Å². The van der Waals surface area contributed by atoms with Gasteiger partial charge in [-0.1, -0.05) is 41.4 Å². The Bertz CT molecular complexity index is 704. The quantitative estimate of drug-likeness (QED) is 0.605. The summed E-state index contributed by atoms with van der Waals surface area (Å²) in [6.45, 7) is 5.07. The fraction of sp³-hybridized carbons (Fsp3) is 0.316. The summed E-state index contributed by atoms with van der Waals surface area (Å²) in [4.78, 5) is 14.3. The summed E-state index contributed by atoms with van der Waals surface area (Å²) in [5, 5.41) is 1.04. The summed E-state index contributed by atoms with van der Waals surface area (Å²) >= 11 is 11.9. The first-order valence-corrected chi connectivity index (χ1v) is 8.72. The second-order valence-electron chi connectivity index (χ2n) is 5.45. The number of aryl methyl sites for hydroxylation is 1. The van der Waals surface area contributed by atoms with Crippen LogP contribution in [0, 0.1) is 6.92 Å². The van der Waals surface area contributed by atoms with Crippen LogP contribution in [0.3, 0.4) is 0 Å². The maximum Gasteiger partial charge on any atom is 0.227 e. The first-order chi connectivity index (χ1) is 11.5. The van der Waals surface area contributed by atoms with Crippen LogP contribution in [0.2, 0.25) is 10.0 Å². The van der Waals surface area contributed by atoms with Crippen LogP contribution in [0.1, 0.15) is 25.3 Å². The van der Waals surface area contributed by atoms with Crippen molar-refractivity contribution >= 4 is 34.8 Å².